The van der Waals surface area contributed by atoms with Crippen molar-refractivity contribution in [3.63, 3.8) is 0 Å². The van der Waals surface area contributed by atoms with E-state index in [-0.39, 0.29) is 5.56 Å². The Morgan fingerprint density at radius 3 is 2.50 bits per heavy atom. The summed E-state index contributed by atoms with van der Waals surface area (Å²) in [6.07, 6.45) is 3.63. The number of ether oxygens (including phenoxy) is 2. The molecule has 2 heterocycles. The number of rotatable bonds is 3. The first kappa shape index (κ1) is 14.3. The molecule has 1 aliphatic rings. The summed E-state index contributed by atoms with van der Waals surface area (Å²) < 4.78 is 12.9. The molecule has 1 aromatic heterocycles. The number of aromatic nitrogens is 2. The van der Waals surface area contributed by atoms with Gasteiger partial charge in [-0.15, -0.1) is 0 Å². The first-order valence-corrected chi connectivity index (χ1v) is 7.49. The van der Waals surface area contributed by atoms with E-state index in [1.165, 1.54) is 0 Å². The topological polar surface area (TPSA) is 73.6 Å². The fraction of sp³-hybridized carbons (Fsp3) is 0.111. The van der Waals surface area contributed by atoms with E-state index in [1.807, 2.05) is 24.4 Å². The number of hydrogen-bond acceptors (Lipinski definition) is 4. The van der Waals surface area contributed by atoms with Gasteiger partial charge in [-0.1, -0.05) is 12.1 Å². The van der Waals surface area contributed by atoms with Crippen LogP contribution in [0.1, 0.15) is 10.4 Å². The lowest BCUT2D eigenvalue weighted by Gasteiger charge is -2.18. The average Bonchev–Trinajstić information content (AvgIpc) is 3.11. The number of fused-ring (bicyclic) bond motifs is 1. The first-order valence-electron chi connectivity index (χ1n) is 7.49. The largest absolute Gasteiger partial charge is 0.486 e. The lowest BCUT2D eigenvalue weighted by Crippen LogP contribution is -2.15. The predicted octanol–water partition coefficient (Wildman–Crippen LogP) is 3.01. The van der Waals surface area contributed by atoms with Gasteiger partial charge in [0.25, 0.3) is 0 Å². The smallest absolute Gasteiger partial charge is 0.335 e. The summed E-state index contributed by atoms with van der Waals surface area (Å²) in [6, 6.07) is 12.4. The number of hydrogen-bond donors (Lipinski definition) is 1. The van der Waals surface area contributed by atoms with Crippen molar-refractivity contribution in [2.45, 2.75) is 0 Å². The molecule has 0 saturated carbocycles. The van der Waals surface area contributed by atoms with Gasteiger partial charge in [0, 0.05) is 17.8 Å². The van der Waals surface area contributed by atoms with Crippen LogP contribution in [-0.4, -0.2) is 34.1 Å². The predicted molar refractivity (Wildman–Crippen MR) is 86.9 cm³/mol. The van der Waals surface area contributed by atoms with Crippen LogP contribution in [0, 0.1) is 0 Å². The molecule has 0 amide bonds. The molecule has 24 heavy (non-hydrogen) atoms. The Kier molecular flexibility index (Phi) is 3.42. The van der Waals surface area contributed by atoms with E-state index < -0.39 is 5.97 Å². The minimum atomic E-state index is -0.937. The average molecular weight is 322 g/mol. The number of carboxylic acids is 1. The summed E-state index contributed by atoms with van der Waals surface area (Å²) in [5, 5.41) is 13.3. The van der Waals surface area contributed by atoms with Gasteiger partial charge >= 0.3 is 5.97 Å². The first-order chi connectivity index (χ1) is 11.7. The Morgan fingerprint density at radius 2 is 1.75 bits per heavy atom. The van der Waals surface area contributed by atoms with Crippen LogP contribution >= 0.6 is 0 Å². The molecule has 0 radical (unpaired) electrons. The van der Waals surface area contributed by atoms with Crippen molar-refractivity contribution in [2.75, 3.05) is 13.2 Å². The summed E-state index contributed by atoms with van der Waals surface area (Å²) >= 11 is 0. The summed E-state index contributed by atoms with van der Waals surface area (Å²) in [5.41, 5.74) is 2.94. The number of carbonyl (C=O) groups is 1. The summed E-state index contributed by atoms with van der Waals surface area (Å²) in [5.74, 6) is 0.511. The van der Waals surface area contributed by atoms with E-state index in [0.717, 1.165) is 22.6 Å². The Labute approximate surface area is 137 Å². The second kappa shape index (κ2) is 5.73. The third kappa shape index (κ3) is 2.58. The van der Waals surface area contributed by atoms with Gasteiger partial charge in [0.15, 0.2) is 11.5 Å². The van der Waals surface area contributed by atoms with Gasteiger partial charge in [-0.2, -0.15) is 5.10 Å². The van der Waals surface area contributed by atoms with Crippen LogP contribution in [0.5, 0.6) is 11.5 Å². The van der Waals surface area contributed by atoms with Gasteiger partial charge in [-0.05, 0) is 29.8 Å². The van der Waals surface area contributed by atoms with E-state index in [4.69, 9.17) is 14.6 Å². The molecule has 1 aliphatic heterocycles. The maximum Gasteiger partial charge on any atom is 0.335 e. The van der Waals surface area contributed by atoms with Crippen LogP contribution in [0.4, 0.5) is 0 Å². The number of benzene rings is 2. The summed E-state index contributed by atoms with van der Waals surface area (Å²) in [7, 11) is 0. The zero-order chi connectivity index (χ0) is 16.5. The highest BCUT2D eigenvalue weighted by Gasteiger charge is 2.13. The number of carboxylic acid groups (broad SMARTS) is 1. The molecule has 0 spiro atoms. The van der Waals surface area contributed by atoms with Crippen molar-refractivity contribution >= 4 is 5.97 Å². The standard InChI is InChI=1S/C18H14N2O4/c21-18(22)13-3-1-12(2-4-13)14-10-19-20(11-14)15-5-6-16-17(9-15)24-8-7-23-16/h1-6,9-11H,7-8H2,(H,21,22). The van der Waals surface area contributed by atoms with Crippen molar-refractivity contribution in [3.05, 3.63) is 60.4 Å². The minimum Gasteiger partial charge on any atom is -0.486 e. The molecule has 2 aromatic carbocycles. The number of aromatic carboxylic acids is 1. The van der Waals surface area contributed by atoms with Crippen molar-refractivity contribution < 1.29 is 19.4 Å². The van der Waals surface area contributed by atoms with Gasteiger partial charge in [0.1, 0.15) is 13.2 Å². The minimum absolute atomic E-state index is 0.262. The molecule has 0 saturated heterocycles. The van der Waals surface area contributed by atoms with Gasteiger partial charge in [-0.25, -0.2) is 9.48 Å². The molecule has 6 heteroatoms. The van der Waals surface area contributed by atoms with Crippen LogP contribution in [0.15, 0.2) is 54.9 Å². The molecule has 0 unspecified atom stereocenters. The van der Waals surface area contributed by atoms with Crippen molar-refractivity contribution in [2.24, 2.45) is 0 Å². The maximum absolute atomic E-state index is 10.9. The summed E-state index contributed by atoms with van der Waals surface area (Å²) in [4.78, 5) is 10.9. The third-order valence-electron chi connectivity index (χ3n) is 3.84. The van der Waals surface area contributed by atoms with Crippen LogP contribution < -0.4 is 9.47 Å². The van der Waals surface area contributed by atoms with E-state index in [0.29, 0.717) is 19.0 Å². The van der Waals surface area contributed by atoms with Crippen LogP contribution in [0.3, 0.4) is 0 Å². The Morgan fingerprint density at radius 1 is 1.00 bits per heavy atom. The second-order valence-corrected chi connectivity index (χ2v) is 5.38. The molecule has 1 N–H and O–H groups in total. The molecule has 120 valence electrons. The molecule has 3 aromatic rings. The maximum atomic E-state index is 10.9. The van der Waals surface area contributed by atoms with E-state index >= 15 is 0 Å². The molecular formula is C18H14N2O4. The lowest BCUT2D eigenvalue weighted by atomic mass is 10.1. The highest BCUT2D eigenvalue weighted by atomic mass is 16.6. The van der Waals surface area contributed by atoms with Crippen molar-refractivity contribution in [3.8, 4) is 28.3 Å². The fourth-order valence-corrected chi connectivity index (χ4v) is 2.59. The molecule has 6 nitrogen and oxygen atoms in total. The lowest BCUT2D eigenvalue weighted by molar-refractivity contribution is 0.0697. The normalized spacial score (nSPS) is 12.8. The molecule has 4 rings (SSSR count). The van der Waals surface area contributed by atoms with Crippen molar-refractivity contribution in [1.29, 1.82) is 0 Å². The third-order valence-corrected chi connectivity index (χ3v) is 3.84. The van der Waals surface area contributed by atoms with E-state index in [9.17, 15) is 4.79 Å². The summed E-state index contributed by atoms with van der Waals surface area (Å²) in [6.45, 7) is 1.10. The Hall–Kier alpha value is -3.28. The molecule has 0 atom stereocenters. The molecule has 0 fully saturated rings. The highest BCUT2D eigenvalue weighted by Crippen LogP contribution is 2.32. The quantitative estimate of drug-likeness (QED) is 0.802. The van der Waals surface area contributed by atoms with Gasteiger partial charge in [0.05, 0.1) is 17.4 Å². The SMILES string of the molecule is O=C(O)c1ccc(-c2cnn(-c3ccc4c(c3)OCCO4)c2)cc1. The zero-order valence-electron chi connectivity index (χ0n) is 12.7. The van der Waals surface area contributed by atoms with Gasteiger partial charge < -0.3 is 14.6 Å². The Balaban J connectivity index is 1.64. The molecular weight excluding hydrogens is 308 g/mol. The molecule has 0 bridgehead atoms. The van der Waals surface area contributed by atoms with Gasteiger partial charge in [0.2, 0.25) is 0 Å². The van der Waals surface area contributed by atoms with Crippen LogP contribution in [0.2, 0.25) is 0 Å². The van der Waals surface area contributed by atoms with Crippen molar-refractivity contribution in [1.82, 2.24) is 9.78 Å². The van der Waals surface area contributed by atoms with Crippen LogP contribution in [-0.2, 0) is 0 Å². The monoisotopic (exact) mass is 322 g/mol. The van der Waals surface area contributed by atoms with Crippen LogP contribution in [0.25, 0.3) is 16.8 Å². The fourth-order valence-electron chi connectivity index (χ4n) is 2.59. The zero-order valence-corrected chi connectivity index (χ0v) is 12.7. The second-order valence-electron chi connectivity index (χ2n) is 5.38. The van der Waals surface area contributed by atoms with E-state index in [2.05, 4.69) is 5.10 Å². The highest BCUT2D eigenvalue weighted by molar-refractivity contribution is 5.88. The van der Waals surface area contributed by atoms with Gasteiger partial charge in [-0.3, -0.25) is 0 Å². The van der Waals surface area contributed by atoms with E-state index in [1.54, 1.807) is 35.1 Å². The Bertz CT molecular complexity index is 900. The molecule has 0 aliphatic carbocycles. The number of nitrogens with zero attached hydrogens (tertiary/aromatic N) is 2.